The Morgan fingerprint density at radius 3 is 2.62 bits per heavy atom. The molecule has 0 atom stereocenters. The van der Waals surface area contributed by atoms with Crippen LogP contribution in [-0.2, 0) is 13.1 Å². The number of aryl methyl sites for hydroxylation is 1. The Kier molecular flexibility index (Phi) is 5.49. The lowest BCUT2D eigenvalue weighted by Crippen LogP contribution is -2.25. The van der Waals surface area contributed by atoms with Crippen molar-refractivity contribution in [2.24, 2.45) is 0 Å². The van der Waals surface area contributed by atoms with E-state index in [2.05, 4.69) is 30.0 Å². The van der Waals surface area contributed by atoms with E-state index in [4.69, 9.17) is 9.47 Å². The van der Waals surface area contributed by atoms with Crippen molar-refractivity contribution in [1.29, 1.82) is 0 Å². The average molecular weight is 395 g/mol. The highest BCUT2D eigenvalue weighted by molar-refractivity contribution is 5.71. The van der Waals surface area contributed by atoms with Gasteiger partial charge >= 0.3 is 0 Å². The molecule has 0 radical (unpaired) electrons. The first-order valence-corrected chi connectivity index (χ1v) is 9.61. The fourth-order valence-electron chi connectivity index (χ4n) is 3.77. The Labute approximate surface area is 169 Å². The molecule has 5 heteroatoms. The quantitative estimate of drug-likeness (QED) is 0.595. The van der Waals surface area contributed by atoms with E-state index >= 15 is 0 Å². The molecule has 3 nitrogen and oxygen atoms in total. The maximum Gasteiger partial charge on any atom is 0.165 e. The Morgan fingerprint density at radius 1 is 1.03 bits per heavy atom. The molecule has 1 heterocycles. The van der Waals surface area contributed by atoms with Gasteiger partial charge in [0.1, 0.15) is 6.61 Å². The molecule has 0 aliphatic carbocycles. The fraction of sp³-hybridized carbons (Fsp3) is 0.250. The maximum absolute atomic E-state index is 13.6. The summed E-state index contributed by atoms with van der Waals surface area (Å²) in [7, 11) is 1.64. The predicted molar refractivity (Wildman–Crippen MR) is 109 cm³/mol. The Balaban J connectivity index is 1.67. The van der Waals surface area contributed by atoms with Crippen molar-refractivity contribution >= 4 is 0 Å². The van der Waals surface area contributed by atoms with E-state index in [-0.39, 0.29) is 0 Å². The van der Waals surface area contributed by atoms with Crippen molar-refractivity contribution in [3.05, 3.63) is 82.9 Å². The molecule has 150 valence electrons. The van der Waals surface area contributed by atoms with Crippen LogP contribution in [0.5, 0.6) is 11.5 Å². The minimum absolute atomic E-state index is 0.497. The van der Waals surface area contributed by atoms with E-state index in [0.29, 0.717) is 32.0 Å². The van der Waals surface area contributed by atoms with E-state index in [1.807, 2.05) is 18.2 Å². The van der Waals surface area contributed by atoms with Crippen LogP contribution >= 0.6 is 0 Å². The number of ether oxygens (including phenoxy) is 2. The molecular weight excluding hydrogens is 372 g/mol. The molecular formula is C24H23F2NO2. The van der Waals surface area contributed by atoms with Crippen LogP contribution in [0.3, 0.4) is 0 Å². The minimum atomic E-state index is -0.828. The molecule has 0 aromatic heterocycles. The summed E-state index contributed by atoms with van der Waals surface area (Å²) in [6.07, 6.45) is 0. The van der Waals surface area contributed by atoms with Gasteiger partial charge in [-0.1, -0.05) is 30.3 Å². The number of benzene rings is 3. The first-order chi connectivity index (χ1) is 14.0. The highest BCUT2D eigenvalue weighted by atomic mass is 19.2. The number of hydrogen-bond acceptors (Lipinski definition) is 3. The normalized spacial score (nSPS) is 14.1. The topological polar surface area (TPSA) is 21.7 Å². The molecule has 0 spiro atoms. The van der Waals surface area contributed by atoms with Gasteiger partial charge in [0.05, 0.1) is 7.11 Å². The summed E-state index contributed by atoms with van der Waals surface area (Å²) < 4.78 is 38.5. The van der Waals surface area contributed by atoms with Gasteiger partial charge in [-0.25, -0.2) is 8.78 Å². The average Bonchev–Trinajstić information content (AvgIpc) is 2.92. The largest absolute Gasteiger partial charge is 0.493 e. The lowest BCUT2D eigenvalue weighted by atomic mass is 9.97. The van der Waals surface area contributed by atoms with Gasteiger partial charge in [-0.2, -0.15) is 0 Å². The standard InChI is InChI=1S/C24H23F2NO2/c1-16-5-3-4-6-20(16)18-12-19-15-27(9-10-29-24(19)23(13-18)28-2)14-17-7-8-21(25)22(26)11-17/h3-8,11-13H,9-10,14-15H2,1-2H3. The molecule has 4 rings (SSSR count). The van der Waals surface area contributed by atoms with Crippen molar-refractivity contribution in [2.45, 2.75) is 20.0 Å². The van der Waals surface area contributed by atoms with Gasteiger partial charge in [0.2, 0.25) is 0 Å². The molecule has 0 N–H and O–H groups in total. The number of methoxy groups -OCH3 is 1. The Morgan fingerprint density at radius 2 is 1.86 bits per heavy atom. The van der Waals surface area contributed by atoms with Crippen molar-refractivity contribution in [1.82, 2.24) is 4.90 Å². The second-order valence-corrected chi connectivity index (χ2v) is 7.29. The Hall–Kier alpha value is -2.92. The van der Waals surface area contributed by atoms with Crippen LogP contribution in [-0.4, -0.2) is 25.2 Å². The van der Waals surface area contributed by atoms with Crippen molar-refractivity contribution in [3.63, 3.8) is 0 Å². The second-order valence-electron chi connectivity index (χ2n) is 7.29. The molecule has 0 unspecified atom stereocenters. The van der Waals surface area contributed by atoms with E-state index in [0.717, 1.165) is 28.0 Å². The second kappa shape index (κ2) is 8.21. The van der Waals surface area contributed by atoms with Crippen LogP contribution in [0, 0.1) is 18.6 Å². The molecule has 3 aromatic rings. The lowest BCUT2D eigenvalue weighted by Gasteiger charge is -2.20. The summed E-state index contributed by atoms with van der Waals surface area (Å²) >= 11 is 0. The van der Waals surface area contributed by atoms with Crippen LogP contribution in [0.4, 0.5) is 8.78 Å². The number of nitrogens with zero attached hydrogens (tertiary/aromatic N) is 1. The monoisotopic (exact) mass is 395 g/mol. The highest BCUT2D eigenvalue weighted by Crippen LogP contribution is 2.39. The molecule has 3 aromatic carbocycles. The van der Waals surface area contributed by atoms with Gasteiger partial charge in [-0.3, -0.25) is 4.90 Å². The van der Waals surface area contributed by atoms with Gasteiger partial charge < -0.3 is 9.47 Å². The predicted octanol–water partition coefficient (Wildman–Crippen LogP) is 5.34. The van der Waals surface area contributed by atoms with Crippen LogP contribution in [0.25, 0.3) is 11.1 Å². The molecule has 0 saturated heterocycles. The maximum atomic E-state index is 13.6. The zero-order valence-electron chi connectivity index (χ0n) is 16.5. The zero-order valence-corrected chi connectivity index (χ0v) is 16.5. The third kappa shape index (κ3) is 4.10. The van der Waals surface area contributed by atoms with Crippen molar-refractivity contribution in [2.75, 3.05) is 20.3 Å². The number of fused-ring (bicyclic) bond motifs is 1. The molecule has 0 saturated carbocycles. The van der Waals surface area contributed by atoms with Crippen molar-refractivity contribution < 1.29 is 18.3 Å². The summed E-state index contributed by atoms with van der Waals surface area (Å²) in [5, 5.41) is 0. The number of hydrogen-bond donors (Lipinski definition) is 0. The number of rotatable bonds is 4. The minimum Gasteiger partial charge on any atom is -0.493 e. The third-order valence-corrected chi connectivity index (χ3v) is 5.25. The van der Waals surface area contributed by atoms with Gasteiger partial charge in [0, 0.05) is 25.2 Å². The van der Waals surface area contributed by atoms with E-state index in [1.165, 1.54) is 17.7 Å². The third-order valence-electron chi connectivity index (χ3n) is 5.25. The first-order valence-electron chi connectivity index (χ1n) is 9.61. The zero-order chi connectivity index (χ0) is 20.4. The van der Waals surface area contributed by atoms with Gasteiger partial charge in [0.25, 0.3) is 0 Å². The molecule has 0 amide bonds. The summed E-state index contributed by atoms with van der Waals surface area (Å²) in [4.78, 5) is 2.17. The SMILES string of the molecule is COc1cc(-c2ccccc2C)cc2c1OCCN(Cc1ccc(F)c(F)c1)C2. The van der Waals surface area contributed by atoms with E-state index in [1.54, 1.807) is 13.2 Å². The summed E-state index contributed by atoms with van der Waals surface area (Å²) in [6.45, 7) is 4.40. The first kappa shape index (κ1) is 19.4. The molecule has 1 aliphatic heterocycles. The molecule has 0 fully saturated rings. The van der Waals surface area contributed by atoms with Crippen molar-refractivity contribution in [3.8, 4) is 22.6 Å². The Bertz CT molecular complexity index is 1040. The van der Waals surface area contributed by atoms with Gasteiger partial charge in [0.15, 0.2) is 23.1 Å². The molecule has 1 aliphatic rings. The van der Waals surface area contributed by atoms with E-state index in [9.17, 15) is 8.78 Å². The summed E-state index contributed by atoms with van der Waals surface area (Å²) in [6, 6.07) is 16.4. The highest BCUT2D eigenvalue weighted by Gasteiger charge is 2.21. The van der Waals surface area contributed by atoms with Gasteiger partial charge in [-0.15, -0.1) is 0 Å². The smallest absolute Gasteiger partial charge is 0.165 e. The van der Waals surface area contributed by atoms with Crippen LogP contribution < -0.4 is 9.47 Å². The van der Waals surface area contributed by atoms with Crippen LogP contribution in [0.2, 0.25) is 0 Å². The number of halogens is 2. The van der Waals surface area contributed by atoms with Crippen LogP contribution in [0.1, 0.15) is 16.7 Å². The van der Waals surface area contributed by atoms with Gasteiger partial charge in [-0.05, 0) is 53.4 Å². The van der Waals surface area contributed by atoms with E-state index < -0.39 is 11.6 Å². The van der Waals surface area contributed by atoms with Crippen LogP contribution in [0.15, 0.2) is 54.6 Å². The summed E-state index contributed by atoms with van der Waals surface area (Å²) in [5.41, 5.74) is 5.14. The fourth-order valence-corrected chi connectivity index (χ4v) is 3.77. The molecule has 29 heavy (non-hydrogen) atoms. The molecule has 0 bridgehead atoms. The summed E-state index contributed by atoms with van der Waals surface area (Å²) in [5.74, 6) is -0.198. The lowest BCUT2D eigenvalue weighted by molar-refractivity contribution is 0.216.